The zero-order valence-corrected chi connectivity index (χ0v) is 10.5. The molecule has 0 radical (unpaired) electrons. The molecule has 0 aromatic carbocycles. The second-order valence-electron chi connectivity index (χ2n) is 4.76. The average Bonchev–Trinajstić information content (AvgIpc) is 1.96. The van der Waals surface area contributed by atoms with E-state index in [1.807, 2.05) is 20.8 Å². The van der Waals surface area contributed by atoms with E-state index in [0.29, 0.717) is 12.0 Å². The van der Waals surface area contributed by atoms with Crippen LogP contribution in [0.2, 0.25) is 0 Å². The molecule has 0 aliphatic heterocycles. The van der Waals surface area contributed by atoms with Crippen LogP contribution in [0.4, 0.5) is 0 Å². The number of hydrogen-bond donors (Lipinski definition) is 1. The summed E-state index contributed by atoms with van der Waals surface area (Å²) in [5.74, 6) is 0.538. The highest BCUT2D eigenvalue weighted by molar-refractivity contribution is 7.84. The molecule has 0 aromatic rings. The van der Waals surface area contributed by atoms with Crippen LogP contribution >= 0.6 is 0 Å². The van der Waals surface area contributed by atoms with Crippen LogP contribution in [-0.2, 0) is 11.0 Å². The maximum absolute atomic E-state index is 11.7. The highest BCUT2D eigenvalue weighted by Crippen LogP contribution is 2.13. The molecule has 13 heavy (non-hydrogen) atoms. The molecule has 0 rings (SSSR count). The first kappa shape index (κ1) is 13.1. The summed E-state index contributed by atoms with van der Waals surface area (Å²) in [5, 5.41) is 0. The van der Waals surface area contributed by atoms with E-state index in [4.69, 9.17) is 0 Å². The Morgan fingerprint density at radius 2 is 1.85 bits per heavy atom. The molecular formula is C10H25NOS. The molecular weight excluding hydrogens is 182 g/mol. The van der Waals surface area contributed by atoms with E-state index < -0.39 is 11.0 Å². The quantitative estimate of drug-likeness (QED) is 0.754. The van der Waals surface area contributed by atoms with Crippen LogP contribution in [0.15, 0.2) is 0 Å². The summed E-state index contributed by atoms with van der Waals surface area (Å²) >= 11 is 0. The summed E-state index contributed by atoms with van der Waals surface area (Å²) in [6.45, 7) is 12.4. The van der Waals surface area contributed by atoms with Gasteiger partial charge in [0.15, 0.2) is 0 Å². The molecule has 0 spiro atoms. The Hall–Kier alpha value is 0.110. The first-order valence-electron chi connectivity index (χ1n) is 4.97. The smallest absolute Gasteiger partial charge is 0.0972 e. The Bertz CT molecular complexity index is 177. The molecule has 3 heteroatoms. The van der Waals surface area contributed by atoms with Gasteiger partial charge in [0.05, 0.1) is 15.7 Å². The maximum atomic E-state index is 11.7. The highest BCUT2D eigenvalue weighted by Gasteiger charge is 2.23. The molecule has 2 nitrogen and oxygen atoms in total. The molecule has 0 aromatic heterocycles. The predicted molar refractivity (Wildman–Crippen MR) is 62.1 cm³/mol. The number of hydrogen-bond acceptors (Lipinski definition) is 1. The second kappa shape index (κ2) is 5.11. The second-order valence-corrected chi connectivity index (χ2v) is 6.76. The van der Waals surface area contributed by atoms with Crippen LogP contribution in [-0.4, -0.2) is 15.0 Å². The van der Waals surface area contributed by atoms with Crippen molar-refractivity contribution in [3.8, 4) is 0 Å². The normalized spacial score (nSPS) is 17.5. The Labute approximate surface area is 86.6 Å². The summed E-state index contributed by atoms with van der Waals surface area (Å²) in [5.41, 5.74) is 0. The summed E-state index contributed by atoms with van der Waals surface area (Å²) in [6, 6.07) is 0.361. The summed E-state index contributed by atoms with van der Waals surface area (Å²) in [4.78, 5) is 0. The highest BCUT2D eigenvalue weighted by atomic mass is 32.2. The van der Waals surface area contributed by atoms with Crippen molar-refractivity contribution < 1.29 is 5.64 Å². The summed E-state index contributed by atoms with van der Waals surface area (Å²) < 4.78 is 14.8. The largest absolute Gasteiger partial charge is 0.242 e. The van der Waals surface area contributed by atoms with Crippen LogP contribution in [0.5, 0.6) is 0 Å². The Balaban J connectivity index is 0. The molecule has 1 N–H and O–H groups in total. The Morgan fingerprint density at radius 1 is 1.38 bits per heavy atom. The van der Waals surface area contributed by atoms with Crippen LogP contribution in [0, 0.1) is 5.92 Å². The van der Waals surface area contributed by atoms with Crippen molar-refractivity contribution in [2.45, 2.75) is 58.8 Å². The minimum Gasteiger partial charge on any atom is -0.242 e. The fourth-order valence-corrected chi connectivity index (χ4v) is 2.07. The third-order valence-electron chi connectivity index (χ3n) is 2.06. The van der Waals surface area contributed by atoms with Crippen LogP contribution in [0.1, 0.15) is 49.4 Å². The lowest BCUT2D eigenvalue weighted by molar-refractivity contribution is 0.445. The summed E-state index contributed by atoms with van der Waals surface area (Å²) in [6.07, 6.45) is 1.03. The van der Waals surface area contributed by atoms with Gasteiger partial charge in [-0.15, -0.1) is 0 Å². The number of rotatable bonds is 4. The van der Waals surface area contributed by atoms with Crippen LogP contribution in [0.3, 0.4) is 0 Å². The predicted octanol–water partition coefficient (Wildman–Crippen LogP) is 2.72. The van der Waals surface area contributed by atoms with Crippen LogP contribution in [0.25, 0.3) is 0 Å². The molecule has 0 bridgehead atoms. The average molecular weight is 207 g/mol. The van der Waals surface area contributed by atoms with Gasteiger partial charge in [-0.05, 0) is 33.1 Å². The minimum absolute atomic E-state index is 0. The van der Waals surface area contributed by atoms with Crippen molar-refractivity contribution in [1.29, 1.82) is 0 Å². The van der Waals surface area contributed by atoms with Gasteiger partial charge in [0, 0.05) is 7.47 Å². The molecule has 0 amide bonds. The van der Waals surface area contributed by atoms with Crippen molar-refractivity contribution in [2.24, 2.45) is 5.92 Å². The standard InChI is InChI=1S/C10H23NOS.H2/c1-7-9(8(2)3)11-13(12)10(4,5)6;/h8-9,11H,7H2,1-6H3;1H/t9-,13-;/m0./s1. The van der Waals surface area contributed by atoms with Crippen molar-refractivity contribution in [3.05, 3.63) is 0 Å². The van der Waals surface area contributed by atoms with E-state index in [-0.39, 0.29) is 6.17 Å². The topological polar surface area (TPSA) is 29.1 Å². The van der Waals surface area contributed by atoms with Gasteiger partial charge in [-0.25, -0.2) is 8.93 Å². The summed E-state index contributed by atoms with van der Waals surface area (Å²) in [7, 11) is -0.938. The molecule has 2 atom stereocenters. The van der Waals surface area contributed by atoms with Crippen molar-refractivity contribution in [1.82, 2.24) is 4.72 Å². The van der Waals surface area contributed by atoms with E-state index in [2.05, 4.69) is 25.5 Å². The Kier molecular flexibility index (Phi) is 5.15. The number of nitrogens with one attached hydrogen (secondary N) is 1. The fourth-order valence-electron chi connectivity index (χ4n) is 1.01. The Morgan fingerprint density at radius 3 is 2.08 bits per heavy atom. The minimum atomic E-state index is -0.938. The third kappa shape index (κ3) is 4.77. The van der Waals surface area contributed by atoms with Gasteiger partial charge < -0.3 is 0 Å². The molecule has 0 unspecified atom stereocenters. The van der Waals surface area contributed by atoms with E-state index in [1.165, 1.54) is 0 Å². The molecule has 82 valence electrons. The van der Waals surface area contributed by atoms with Gasteiger partial charge >= 0.3 is 0 Å². The first-order chi connectivity index (χ1) is 5.79. The molecule has 0 saturated carbocycles. The molecule has 0 aliphatic rings. The van der Waals surface area contributed by atoms with E-state index in [9.17, 15) is 4.21 Å². The van der Waals surface area contributed by atoms with Gasteiger partial charge in [-0.2, -0.15) is 0 Å². The monoisotopic (exact) mass is 207 g/mol. The van der Waals surface area contributed by atoms with Gasteiger partial charge in [-0.3, -0.25) is 0 Å². The van der Waals surface area contributed by atoms with E-state index in [1.54, 1.807) is 0 Å². The zero-order valence-electron chi connectivity index (χ0n) is 9.68. The van der Waals surface area contributed by atoms with Crippen molar-refractivity contribution >= 4 is 11.0 Å². The molecule has 0 heterocycles. The van der Waals surface area contributed by atoms with Gasteiger partial charge in [0.2, 0.25) is 0 Å². The van der Waals surface area contributed by atoms with Gasteiger partial charge in [-0.1, -0.05) is 20.8 Å². The van der Waals surface area contributed by atoms with Crippen molar-refractivity contribution in [3.63, 3.8) is 0 Å². The van der Waals surface area contributed by atoms with Crippen LogP contribution < -0.4 is 4.72 Å². The van der Waals surface area contributed by atoms with Crippen molar-refractivity contribution in [2.75, 3.05) is 0 Å². The first-order valence-corrected chi connectivity index (χ1v) is 6.12. The third-order valence-corrected chi connectivity index (χ3v) is 3.69. The SMILES string of the molecule is CC[C@H](N[S@@](=O)C(C)(C)C)C(C)C.[HH]. The lowest BCUT2D eigenvalue weighted by Gasteiger charge is -2.25. The maximum Gasteiger partial charge on any atom is 0.0972 e. The molecule has 0 saturated heterocycles. The molecule has 0 aliphatic carbocycles. The zero-order chi connectivity index (χ0) is 10.6. The van der Waals surface area contributed by atoms with Gasteiger partial charge in [0.25, 0.3) is 0 Å². The fraction of sp³-hybridized carbons (Fsp3) is 1.00. The lowest BCUT2D eigenvalue weighted by atomic mass is 10.0. The van der Waals surface area contributed by atoms with E-state index >= 15 is 0 Å². The molecule has 0 fully saturated rings. The lowest BCUT2D eigenvalue weighted by Crippen LogP contribution is -2.41. The van der Waals surface area contributed by atoms with E-state index in [0.717, 1.165) is 6.42 Å². The van der Waals surface area contributed by atoms with Gasteiger partial charge in [0.1, 0.15) is 0 Å².